The summed E-state index contributed by atoms with van der Waals surface area (Å²) >= 11 is 3.36. The van der Waals surface area contributed by atoms with Crippen LogP contribution in [0.1, 0.15) is 5.56 Å². The smallest absolute Gasteiger partial charge is 0.231 e. The lowest BCUT2D eigenvalue weighted by atomic mass is 10.2. The van der Waals surface area contributed by atoms with Gasteiger partial charge in [0.25, 0.3) is 0 Å². The summed E-state index contributed by atoms with van der Waals surface area (Å²) in [7, 11) is 0. The third-order valence-electron chi connectivity index (χ3n) is 1.84. The molecule has 0 saturated carbocycles. The molecule has 5 heteroatoms. The molecule has 0 spiro atoms. The molecule has 70 valence electrons. The minimum Gasteiger partial charge on any atom is -0.454 e. The molecule has 4 nitrogen and oxygen atoms in total. The van der Waals surface area contributed by atoms with Crippen LogP contribution in [0.5, 0.6) is 11.5 Å². The molecule has 0 unspecified atom stereocenters. The highest BCUT2D eigenvalue weighted by Crippen LogP contribution is 2.39. The van der Waals surface area contributed by atoms with Gasteiger partial charge in [-0.25, -0.2) is 5.48 Å². The van der Waals surface area contributed by atoms with Crippen LogP contribution < -0.4 is 15.0 Å². The van der Waals surface area contributed by atoms with Crippen LogP contribution in [0.15, 0.2) is 16.6 Å². The maximum absolute atomic E-state index is 8.61. The Morgan fingerprint density at radius 3 is 3.08 bits per heavy atom. The van der Waals surface area contributed by atoms with Crippen LogP contribution in [0, 0.1) is 0 Å². The highest BCUT2D eigenvalue weighted by Gasteiger charge is 2.19. The Bertz CT molecular complexity index is 329. The molecule has 1 heterocycles. The summed E-state index contributed by atoms with van der Waals surface area (Å²) in [6.07, 6.45) is 0. The number of benzene rings is 1. The highest BCUT2D eigenvalue weighted by atomic mass is 79.9. The Labute approximate surface area is 83.5 Å². The largest absolute Gasteiger partial charge is 0.454 e. The van der Waals surface area contributed by atoms with Crippen molar-refractivity contribution in [3.05, 3.63) is 22.2 Å². The lowest BCUT2D eigenvalue weighted by Gasteiger charge is -2.06. The first-order valence-electron chi connectivity index (χ1n) is 3.77. The fourth-order valence-corrected chi connectivity index (χ4v) is 1.70. The lowest BCUT2D eigenvalue weighted by molar-refractivity contribution is 0.155. The molecular weight excluding hydrogens is 238 g/mol. The predicted molar refractivity (Wildman–Crippen MR) is 48.9 cm³/mol. The third-order valence-corrected chi connectivity index (χ3v) is 2.58. The van der Waals surface area contributed by atoms with E-state index in [0.717, 1.165) is 10.0 Å². The van der Waals surface area contributed by atoms with Crippen molar-refractivity contribution in [1.29, 1.82) is 0 Å². The Morgan fingerprint density at radius 1 is 1.46 bits per heavy atom. The van der Waals surface area contributed by atoms with E-state index in [2.05, 4.69) is 21.4 Å². The number of hydrogen-bond acceptors (Lipinski definition) is 4. The molecule has 1 aliphatic heterocycles. The van der Waals surface area contributed by atoms with Gasteiger partial charge in [0.1, 0.15) is 0 Å². The van der Waals surface area contributed by atoms with Gasteiger partial charge in [0, 0.05) is 10.0 Å². The van der Waals surface area contributed by atoms with Gasteiger partial charge in [-0.2, -0.15) is 0 Å². The van der Waals surface area contributed by atoms with Gasteiger partial charge in [0.05, 0.1) is 6.54 Å². The first-order valence-corrected chi connectivity index (χ1v) is 4.56. The van der Waals surface area contributed by atoms with Gasteiger partial charge >= 0.3 is 0 Å². The van der Waals surface area contributed by atoms with E-state index in [1.165, 1.54) is 0 Å². The van der Waals surface area contributed by atoms with Gasteiger partial charge in [0.2, 0.25) is 6.79 Å². The zero-order valence-electron chi connectivity index (χ0n) is 6.71. The molecule has 1 aromatic rings. The number of hydrogen-bond donors (Lipinski definition) is 2. The van der Waals surface area contributed by atoms with E-state index in [4.69, 9.17) is 14.7 Å². The molecule has 0 fully saturated rings. The summed E-state index contributed by atoms with van der Waals surface area (Å²) in [5.41, 5.74) is 2.95. The normalized spacial score (nSPS) is 13.4. The number of ether oxygens (including phenoxy) is 2. The molecule has 13 heavy (non-hydrogen) atoms. The van der Waals surface area contributed by atoms with Crippen molar-refractivity contribution in [3.8, 4) is 11.5 Å². The molecular formula is C8H8BrNO3. The monoisotopic (exact) mass is 245 g/mol. The standard InChI is InChI=1S/C8H8BrNO3/c9-6-1-2-7-8(13-4-12-7)5(6)3-10-11/h1-2,10-11H,3-4H2. The first kappa shape index (κ1) is 8.80. The fraction of sp³-hybridized carbons (Fsp3) is 0.250. The summed E-state index contributed by atoms with van der Waals surface area (Å²) in [4.78, 5) is 0. The van der Waals surface area contributed by atoms with Crippen LogP contribution >= 0.6 is 15.9 Å². The van der Waals surface area contributed by atoms with E-state index in [9.17, 15) is 0 Å². The number of hydroxylamine groups is 1. The van der Waals surface area contributed by atoms with Crippen LogP contribution in [-0.2, 0) is 6.54 Å². The summed E-state index contributed by atoms with van der Waals surface area (Å²) in [6, 6.07) is 3.69. The highest BCUT2D eigenvalue weighted by molar-refractivity contribution is 9.10. The summed E-state index contributed by atoms with van der Waals surface area (Å²) in [5.74, 6) is 1.41. The maximum Gasteiger partial charge on any atom is 0.231 e. The molecule has 2 rings (SSSR count). The molecule has 1 aliphatic rings. The fourth-order valence-electron chi connectivity index (χ4n) is 1.25. The molecule has 1 aromatic carbocycles. The third kappa shape index (κ3) is 1.50. The SMILES string of the molecule is ONCc1c(Br)ccc2c1OCO2. The Hall–Kier alpha value is -0.780. The average Bonchev–Trinajstić information content (AvgIpc) is 2.58. The van der Waals surface area contributed by atoms with Crippen molar-refractivity contribution in [2.45, 2.75) is 6.54 Å². The number of fused-ring (bicyclic) bond motifs is 1. The second-order valence-electron chi connectivity index (χ2n) is 2.59. The van der Waals surface area contributed by atoms with Crippen LogP contribution in [0.25, 0.3) is 0 Å². The molecule has 0 radical (unpaired) electrons. The number of halogens is 1. The van der Waals surface area contributed by atoms with Crippen LogP contribution in [0.4, 0.5) is 0 Å². The topological polar surface area (TPSA) is 50.7 Å². The molecule has 0 bridgehead atoms. The van der Waals surface area contributed by atoms with Crippen molar-refractivity contribution < 1.29 is 14.7 Å². The van der Waals surface area contributed by atoms with Crippen LogP contribution in [0.2, 0.25) is 0 Å². The van der Waals surface area contributed by atoms with Gasteiger partial charge in [-0.3, -0.25) is 0 Å². The Kier molecular flexibility index (Phi) is 2.39. The van der Waals surface area contributed by atoms with Crippen LogP contribution in [0.3, 0.4) is 0 Å². The van der Waals surface area contributed by atoms with E-state index >= 15 is 0 Å². The summed E-state index contributed by atoms with van der Waals surface area (Å²) in [6.45, 7) is 0.567. The van der Waals surface area contributed by atoms with E-state index in [-0.39, 0.29) is 6.79 Å². The van der Waals surface area contributed by atoms with Gasteiger partial charge in [-0.15, -0.1) is 0 Å². The molecule has 0 atom stereocenters. The van der Waals surface area contributed by atoms with E-state index in [0.29, 0.717) is 18.0 Å². The second kappa shape index (κ2) is 3.53. The Balaban J connectivity index is 2.45. The number of nitrogens with one attached hydrogen (secondary N) is 1. The van der Waals surface area contributed by atoms with Gasteiger partial charge < -0.3 is 14.7 Å². The van der Waals surface area contributed by atoms with Crippen molar-refractivity contribution >= 4 is 15.9 Å². The van der Waals surface area contributed by atoms with E-state index in [1.807, 2.05) is 12.1 Å². The minimum atomic E-state index is 0.240. The minimum absolute atomic E-state index is 0.240. The van der Waals surface area contributed by atoms with Crippen LogP contribution in [-0.4, -0.2) is 12.0 Å². The van der Waals surface area contributed by atoms with Gasteiger partial charge in [-0.1, -0.05) is 15.9 Å². The summed E-state index contributed by atoms with van der Waals surface area (Å²) < 4.78 is 11.3. The molecule has 0 aliphatic carbocycles. The van der Waals surface area contributed by atoms with Gasteiger partial charge in [-0.05, 0) is 12.1 Å². The quantitative estimate of drug-likeness (QED) is 0.779. The van der Waals surface area contributed by atoms with Crippen molar-refractivity contribution in [2.75, 3.05) is 6.79 Å². The number of rotatable bonds is 2. The average molecular weight is 246 g/mol. The molecule has 0 amide bonds. The Morgan fingerprint density at radius 2 is 2.31 bits per heavy atom. The zero-order chi connectivity index (χ0) is 9.26. The lowest BCUT2D eigenvalue weighted by Crippen LogP contribution is -2.07. The zero-order valence-corrected chi connectivity index (χ0v) is 8.30. The maximum atomic E-state index is 8.61. The predicted octanol–water partition coefficient (Wildman–Crippen LogP) is 1.66. The van der Waals surface area contributed by atoms with Gasteiger partial charge in [0.15, 0.2) is 11.5 Å². The van der Waals surface area contributed by atoms with Crippen molar-refractivity contribution in [2.24, 2.45) is 0 Å². The summed E-state index contributed by atoms with van der Waals surface area (Å²) in [5, 5.41) is 8.61. The molecule has 0 saturated heterocycles. The first-order chi connectivity index (χ1) is 6.33. The van der Waals surface area contributed by atoms with E-state index < -0.39 is 0 Å². The molecule has 0 aromatic heterocycles. The van der Waals surface area contributed by atoms with E-state index in [1.54, 1.807) is 0 Å². The molecule has 2 N–H and O–H groups in total. The van der Waals surface area contributed by atoms with Crippen molar-refractivity contribution in [1.82, 2.24) is 5.48 Å². The second-order valence-corrected chi connectivity index (χ2v) is 3.45. The van der Waals surface area contributed by atoms with Crippen molar-refractivity contribution in [3.63, 3.8) is 0 Å².